The van der Waals surface area contributed by atoms with E-state index in [1.54, 1.807) is 12.1 Å². The van der Waals surface area contributed by atoms with E-state index >= 15 is 0 Å². The van der Waals surface area contributed by atoms with Crippen LogP contribution in [0.15, 0.2) is 28.0 Å². The molecule has 1 unspecified atom stereocenters. The third-order valence-electron chi connectivity index (χ3n) is 3.60. The van der Waals surface area contributed by atoms with Crippen LogP contribution in [0.25, 0.3) is 0 Å². The average molecular weight is 314 g/mol. The summed E-state index contributed by atoms with van der Waals surface area (Å²) in [5.74, 6) is -0.392. The number of thioether (sulfide) groups is 1. The Bertz CT molecular complexity index is 618. The van der Waals surface area contributed by atoms with E-state index in [4.69, 9.17) is 5.11 Å². The second-order valence-electron chi connectivity index (χ2n) is 5.22. The summed E-state index contributed by atoms with van der Waals surface area (Å²) in [5.41, 5.74) is 0.937. The van der Waals surface area contributed by atoms with E-state index in [0.29, 0.717) is 15.7 Å². The molecule has 0 heterocycles. The van der Waals surface area contributed by atoms with Crippen molar-refractivity contribution in [3.05, 3.63) is 23.8 Å². The van der Waals surface area contributed by atoms with Crippen molar-refractivity contribution in [1.82, 2.24) is 0 Å². The van der Waals surface area contributed by atoms with Gasteiger partial charge in [0.2, 0.25) is 0 Å². The Balaban J connectivity index is 2.39. The summed E-state index contributed by atoms with van der Waals surface area (Å²) in [4.78, 5) is 12.0. The molecular formula is C14H18O4S2. The number of benzene rings is 1. The Hall–Kier alpha value is -1.01. The van der Waals surface area contributed by atoms with Crippen LogP contribution in [0.1, 0.15) is 30.7 Å². The second kappa shape index (κ2) is 5.77. The van der Waals surface area contributed by atoms with Crippen LogP contribution in [0, 0.1) is 5.92 Å². The molecule has 1 aliphatic carbocycles. The minimum atomic E-state index is -3.25. The van der Waals surface area contributed by atoms with Gasteiger partial charge in [0.1, 0.15) is 0 Å². The van der Waals surface area contributed by atoms with Crippen molar-refractivity contribution in [2.75, 3.05) is 12.5 Å². The minimum Gasteiger partial charge on any atom is -0.481 e. The van der Waals surface area contributed by atoms with Crippen molar-refractivity contribution in [2.24, 2.45) is 5.92 Å². The predicted molar refractivity (Wildman–Crippen MR) is 79.1 cm³/mol. The number of hydrogen-bond donors (Lipinski definition) is 1. The Morgan fingerprint density at radius 1 is 1.45 bits per heavy atom. The van der Waals surface area contributed by atoms with E-state index in [1.807, 2.05) is 12.3 Å². The van der Waals surface area contributed by atoms with Crippen molar-refractivity contribution in [1.29, 1.82) is 0 Å². The molecule has 1 aromatic rings. The minimum absolute atomic E-state index is 0.00740. The maximum absolute atomic E-state index is 11.7. The van der Waals surface area contributed by atoms with Crippen LogP contribution in [0.2, 0.25) is 0 Å². The highest BCUT2D eigenvalue weighted by molar-refractivity contribution is 7.99. The smallest absolute Gasteiger partial charge is 0.303 e. The summed E-state index contributed by atoms with van der Waals surface area (Å²) in [6, 6.07) is 5.21. The lowest BCUT2D eigenvalue weighted by Crippen LogP contribution is -2.09. The molecule has 110 valence electrons. The second-order valence-corrected chi connectivity index (χ2v) is 8.06. The Kier molecular flexibility index (Phi) is 4.44. The van der Waals surface area contributed by atoms with E-state index in [0.717, 1.165) is 18.4 Å². The number of rotatable bonds is 6. The fourth-order valence-electron chi connectivity index (χ4n) is 2.46. The molecule has 6 heteroatoms. The van der Waals surface area contributed by atoms with E-state index in [2.05, 4.69) is 0 Å². The van der Waals surface area contributed by atoms with Gasteiger partial charge in [0, 0.05) is 11.2 Å². The standard InChI is InChI=1S/C14H18O4S2/c1-19-12-7-10(5-6-13(12)20(2,17)18)11(8-14(15)16)9-3-4-9/h5-7,9,11H,3-4,8H2,1-2H3,(H,15,16). The highest BCUT2D eigenvalue weighted by Gasteiger charge is 2.34. The molecule has 0 radical (unpaired) electrons. The summed E-state index contributed by atoms with van der Waals surface area (Å²) < 4.78 is 23.4. The Morgan fingerprint density at radius 3 is 2.55 bits per heavy atom. The van der Waals surface area contributed by atoms with Crippen LogP contribution in [-0.2, 0) is 14.6 Å². The van der Waals surface area contributed by atoms with Crippen LogP contribution < -0.4 is 0 Å². The third-order valence-corrected chi connectivity index (χ3v) is 5.66. The van der Waals surface area contributed by atoms with Gasteiger partial charge >= 0.3 is 5.97 Å². The first-order valence-corrected chi connectivity index (χ1v) is 9.54. The highest BCUT2D eigenvalue weighted by atomic mass is 32.2. The number of sulfone groups is 1. The molecule has 0 amide bonds. The topological polar surface area (TPSA) is 71.4 Å². The molecule has 4 nitrogen and oxygen atoms in total. The van der Waals surface area contributed by atoms with Gasteiger partial charge in [-0.2, -0.15) is 0 Å². The fraction of sp³-hybridized carbons (Fsp3) is 0.500. The normalized spacial score (nSPS) is 16.9. The SMILES string of the molecule is CSc1cc(C(CC(=O)O)C2CC2)ccc1S(C)(=O)=O. The lowest BCUT2D eigenvalue weighted by Gasteiger charge is -2.16. The molecule has 2 rings (SSSR count). The van der Waals surface area contributed by atoms with Gasteiger partial charge in [0.25, 0.3) is 0 Å². The predicted octanol–water partition coefficient (Wildman–Crippen LogP) is 2.78. The van der Waals surface area contributed by atoms with Gasteiger partial charge in [-0.05, 0) is 48.6 Å². The number of carbonyl (C=O) groups is 1. The summed E-state index contributed by atoms with van der Waals surface area (Å²) in [6.07, 6.45) is 5.24. The molecule has 1 saturated carbocycles. The van der Waals surface area contributed by atoms with Crippen LogP contribution in [0.4, 0.5) is 0 Å². The molecule has 1 aliphatic rings. The molecule has 1 aromatic carbocycles. The molecule has 0 bridgehead atoms. The third kappa shape index (κ3) is 3.55. The first-order chi connectivity index (χ1) is 9.32. The Morgan fingerprint density at radius 2 is 2.10 bits per heavy atom. The largest absolute Gasteiger partial charge is 0.481 e. The highest BCUT2D eigenvalue weighted by Crippen LogP contribution is 2.45. The average Bonchev–Trinajstić information content (AvgIpc) is 3.18. The molecule has 1 atom stereocenters. The zero-order valence-electron chi connectivity index (χ0n) is 11.5. The molecule has 0 aromatic heterocycles. The number of aliphatic carboxylic acids is 1. The van der Waals surface area contributed by atoms with Gasteiger partial charge in [-0.15, -0.1) is 11.8 Å². The van der Waals surface area contributed by atoms with Crippen molar-refractivity contribution in [3.8, 4) is 0 Å². The van der Waals surface area contributed by atoms with E-state index in [9.17, 15) is 13.2 Å². The summed E-state index contributed by atoms with van der Waals surface area (Å²) >= 11 is 1.38. The van der Waals surface area contributed by atoms with Crippen LogP contribution in [0.3, 0.4) is 0 Å². The number of carboxylic acid groups (broad SMARTS) is 1. The van der Waals surface area contributed by atoms with Crippen molar-refractivity contribution < 1.29 is 18.3 Å². The van der Waals surface area contributed by atoms with Crippen molar-refractivity contribution in [2.45, 2.75) is 35.0 Å². The zero-order chi connectivity index (χ0) is 14.9. The van der Waals surface area contributed by atoms with Gasteiger partial charge in [-0.3, -0.25) is 4.79 Å². The zero-order valence-corrected chi connectivity index (χ0v) is 13.1. The van der Waals surface area contributed by atoms with Crippen molar-refractivity contribution >= 4 is 27.6 Å². The van der Waals surface area contributed by atoms with Crippen LogP contribution in [0.5, 0.6) is 0 Å². The Labute approximate surface area is 123 Å². The summed E-state index contributed by atoms with van der Waals surface area (Å²) in [6.45, 7) is 0. The first kappa shape index (κ1) is 15.4. The van der Waals surface area contributed by atoms with Gasteiger partial charge in [-0.1, -0.05) is 6.07 Å². The molecule has 1 fully saturated rings. The summed E-state index contributed by atoms with van der Waals surface area (Å²) in [5, 5.41) is 9.03. The van der Waals surface area contributed by atoms with Gasteiger partial charge < -0.3 is 5.11 Å². The lowest BCUT2D eigenvalue weighted by molar-refractivity contribution is -0.137. The van der Waals surface area contributed by atoms with E-state index in [1.165, 1.54) is 18.0 Å². The molecule has 1 N–H and O–H groups in total. The molecule has 20 heavy (non-hydrogen) atoms. The maximum atomic E-state index is 11.7. The molecule has 0 saturated heterocycles. The van der Waals surface area contributed by atoms with Crippen LogP contribution in [-0.4, -0.2) is 32.0 Å². The number of carboxylic acids is 1. The lowest BCUT2D eigenvalue weighted by atomic mass is 9.91. The van der Waals surface area contributed by atoms with Gasteiger partial charge in [0.15, 0.2) is 9.84 Å². The van der Waals surface area contributed by atoms with Gasteiger partial charge in [0.05, 0.1) is 11.3 Å². The van der Waals surface area contributed by atoms with E-state index in [-0.39, 0.29) is 12.3 Å². The molecule has 0 aliphatic heterocycles. The van der Waals surface area contributed by atoms with Crippen molar-refractivity contribution in [3.63, 3.8) is 0 Å². The molecular weight excluding hydrogens is 296 g/mol. The monoisotopic (exact) mass is 314 g/mol. The van der Waals surface area contributed by atoms with Gasteiger partial charge in [-0.25, -0.2) is 8.42 Å². The molecule has 0 spiro atoms. The quantitative estimate of drug-likeness (QED) is 0.818. The fourth-order valence-corrected chi connectivity index (χ4v) is 4.43. The first-order valence-electron chi connectivity index (χ1n) is 6.42. The maximum Gasteiger partial charge on any atom is 0.303 e. The summed E-state index contributed by atoms with van der Waals surface area (Å²) in [7, 11) is -3.25. The van der Waals surface area contributed by atoms with Crippen LogP contribution >= 0.6 is 11.8 Å². The number of hydrogen-bond acceptors (Lipinski definition) is 4. The van der Waals surface area contributed by atoms with E-state index < -0.39 is 15.8 Å².